The first kappa shape index (κ1) is 19.5. The van der Waals surface area contributed by atoms with E-state index in [1.54, 1.807) is 12.1 Å². The van der Waals surface area contributed by atoms with Crippen molar-refractivity contribution in [1.82, 2.24) is 0 Å². The highest BCUT2D eigenvalue weighted by molar-refractivity contribution is 6.03. The number of aliphatic hydroxyl groups excluding tert-OH is 2. The minimum absolute atomic E-state index is 0.00705. The SMILES string of the molecule is O=C1CC(c2ccc(O)cc2)Oc2c1c(O)cc(O)c2C1CC(O)CC(CO)O1. The fraction of sp³-hybridized carbons (Fsp3) is 0.381. The van der Waals surface area contributed by atoms with Crippen LogP contribution in [-0.2, 0) is 4.74 Å². The summed E-state index contributed by atoms with van der Waals surface area (Å²) in [6.45, 7) is -0.301. The molecule has 2 aromatic carbocycles. The molecule has 2 heterocycles. The van der Waals surface area contributed by atoms with Crippen molar-refractivity contribution in [3.8, 4) is 23.0 Å². The monoisotopic (exact) mass is 402 g/mol. The zero-order chi connectivity index (χ0) is 20.7. The van der Waals surface area contributed by atoms with E-state index < -0.39 is 30.2 Å². The van der Waals surface area contributed by atoms with Gasteiger partial charge in [0, 0.05) is 18.9 Å². The maximum atomic E-state index is 12.8. The molecular formula is C21H22O8. The smallest absolute Gasteiger partial charge is 0.174 e. The van der Waals surface area contributed by atoms with Crippen LogP contribution in [0.1, 0.15) is 53.0 Å². The molecule has 4 atom stereocenters. The number of carbonyl (C=O) groups excluding carboxylic acids is 1. The lowest BCUT2D eigenvalue weighted by Gasteiger charge is -2.35. The average Bonchev–Trinajstić information content (AvgIpc) is 2.67. The number of carbonyl (C=O) groups is 1. The van der Waals surface area contributed by atoms with Crippen molar-refractivity contribution in [3.63, 3.8) is 0 Å². The summed E-state index contributed by atoms with van der Waals surface area (Å²) in [4.78, 5) is 12.8. The molecular weight excluding hydrogens is 380 g/mol. The lowest BCUT2D eigenvalue weighted by atomic mass is 9.89. The van der Waals surface area contributed by atoms with Crippen LogP contribution in [0, 0.1) is 0 Å². The van der Waals surface area contributed by atoms with Gasteiger partial charge < -0.3 is 35.0 Å². The van der Waals surface area contributed by atoms with Gasteiger partial charge in [-0.05, 0) is 17.7 Å². The van der Waals surface area contributed by atoms with Gasteiger partial charge in [-0.2, -0.15) is 0 Å². The van der Waals surface area contributed by atoms with Crippen molar-refractivity contribution in [1.29, 1.82) is 0 Å². The molecule has 8 nitrogen and oxygen atoms in total. The van der Waals surface area contributed by atoms with Crippen LogP contribution in [0.3, 0.4) is 0 Å². The van der Waals surface area contributed by atoms with Crippen LogP contribution in [0.15, 0.2) is 30.3 Å². The Kier molecular flexibility index (Phi) is 5.08. The minimum atomic E-state index is -0.823. The second-order valence-electron chi connectivity index (χ2n) is 7.41. The van der Waals surface area contributed by atoms with Crippen LogP contribution in [0.5, 0.6) is 23.0 Å². The molecule has 0 amide bonds. The summed E-state index contributed by atoms with van der Waals surface area (Å²) in [5, 5.41) is 49.8. The molecule has 0 saturated carbocycles. The largest absolute Gasteiger partial charge is 0.508 e. The van der Waals surface area contributed by atoms with E-state index in [0.717, 1.165) is 6.07 Å². The quantitative estimate of drug-likeness (QED) is 0.526. The Morgan fingerprint density at radius 3 is 2.41 bits per heavy atom. The molecule has 0 bridgehead atoms. The number of Topliss-reactive ketones (excluding diaryl/α,β-unsaturated/α-hetero) is 1. The van der Waals surface area contributed by atoms with Gasteiger partial charge in [0.25, 0.3) is 0 Å². The number of benzene rings is 2. The van der Waals surface area contributed by atoms with Crippen molar-refractivity contribution in [2.45, 2.75) is 43.7 Å². The number of aliphatic hydroxyl groups is 2. The summed E-state index contributed by atoms with van der Waals surface area (Å²) >= 11 is 0. The number of aromatic hydroxyl groups is 3. The number of hydrogen-bond donors (Lipinski definition) is 5. The Balaban J connectivity index is 1.78. The first-order valence-electron chi connectivity index (χ1n) is 9.39. The van der Waals surface area contributed by atoms with Crippen molar-refractivity contribution in [2.24, 2.45) is 0 Å². The Morgan fingerprint density at radius 2 is 1.72 bits per heavy atom. The lowest BCUT2D eigenvalue weighted by Crippen LogP contribution is -2.34. The average molecular weight is 402 g/mol. The molecule has 8 heteroatoms. The molecule has 4 rings (SSSR count). The number of ketones is 1. The fourth-order valence-corrected chi connectivity index (χ4v) is 3.97. The van der Waals surface area contributed by atoms with E-state index in [0.29, 0.717) is 5.56 Å². The predicted octanol–water partition coefficient (Wildman–Crippen LogP) is 2.08. The molecule has 0 spiro atoms. The fourth-order valence-electron chi connectivity index (χ4n) is 3.97. The molecule has 5 N–H and O–H groups in total. The van der Waals surface area contributed by atoms with Crippen LogP contribution < -0.4 is 4.74 Å². The Hall–Kier alpha value is -2.81. The second kappa shape index (κ2) is 7.55. The maximum Gasteiger partial charge on any atom is 0.174 e. The third kappa shape index (κ3) is 3.62. The van der Waals surface area contributed by atoms with Crippen molar-refractivity contribution in [2.75, 3.05) is 6.61 Å². The number of ether oxygens (including phenoxy) is 2. The number of hydrogen-bond acceptors (Lipinski definition) is 8. The Morgan fingerprint density at radius 1 is 1.00 bits per heavy atom. The molecule has 0 radical (unpaired) electrons. The molecule has 29 heavy (non-hydrogen) atoms. The van der Waals surface area contributed by atoms with Gasteiger partial charge in [0.1, 0.15) is 34.7 Å². The molecule has 2 aliphatic rings. The summed E-state index contributed by atoms with van der Waals surface area (Å²) in [5.41, 5.74) is 0.761. The molecule has 1 fully saturated rings. The molecule has 2 aliphatic heterocycles. The summed E-state index contributed by atoms with van der Waals surface area (Å²) in [6.07, 6.45) is -2.52. The maximum absolute atomic E-state index is 12.8. The zero-order valence-corrected chi connectivity index (χ0v) is 15.5. The van der Waals surface area contributed by atoms with Crippen LogP contribution in [0.4, 0.5) is 0 Å². The van der Waals surface area contributed by atoms with Gasteiger partial charge in [0.15, 0.2) is 5.78 Å². The van der Waals surface area contributed by atoms with Gasteiger partial charge in [0.2, 0.25) is 0 Å². The van der Waals surface area contributed by atoms with E-state index in [-0.39, 0.29) is 60.0 Å². The van der Waals surface area contributed by atoms with Gasteiger partial charge in [-0.25, -0.2) is 0 Å². The van der Waals surface area contributed by atoms with E-state index in [2.05, 4.69) is 0 Å². The molecule has 0 aliphatic carbocycles. The Bertz CT molecular complexity index is 923. The molecule has 0 aromatic heterocycles. The highest BCUT2D eigenvalue weighted by Crippen LogP contribution is 2.50. The van der Waals surface area contributed by atoms with E-state index >= 15 is 0 Å². The molecule has 4 unspecified atom stereocenters. The van der Waals surface area contributed by atoms with Crippen molar-refractivity contribution < 1.29 is 39.8 Å². The molecule has 154 valence electrons. The van der Waals surface area contributed by atoms with Gasteiger partial charge in [-0.3, -0.25) is 4.79 Å². The van der Waals surface area contributed by atoms with Gasteiger partial charge in [0.05, 0.1) is 36.9 Å². The highest BCUT2D eigenvalue weighted by Gasteiger charge is 2.39. The third-order valence-electron chi connectivity index (χ3n) is 5.36. The van der Waals surface area contributed by atoms with E-state index in [1.165, 1.54) is 12.1 Å². The molecule has 2 aromatic rings. The molecule has 1 saturated heterocycles. The van der Waals surface area contributed by atoms with Crippen molar-refractivity contribution in [3.05, 3.63) is 47.0 Å². The summed E-state index contributed by atoms with van der Waals surface area (Å²) in [6, 6.07) is 7.28. The summed E-state index contributed by atoms with van der Waals surface area (Å²) in [5.74, 6) is -1.00. The normalized spacial score (nSPS) is 26.6. The number of phenolic OH excluding ortho intramolecular Hbond substituents is 3. The van der Waals surface area contributed by atoms with Crippen molar-refractivity contribution >= 4 is 5.78 Å². The van der Waals surface area contributed by atoms with Gasteiger partial charge in [-0.15, -0.1) is 0 Å². The Labute approximate surface area is 166 Å². The topological polar surface area (TPSA) is 137 Å². The van der Waals surface area contributed by atoms with Crippen LogP contribution in [0.25, 0.3) is 0 Å². The van der Waals surface area contributed by atoms with Gasteiger partial charge in [-0.1, -0.05) is 12.1 Å². The van der Waals surface area contributed by atoms with Crippen LogP contribution in [0.2, 0.25) is 0 Å². The summed E-state index contributed by atoms with van der Waals surface area (Å²) < 4.78 is 11.8. The summed E-state index contributed by atoms with van der Waals surface area (Å²) in [7, 11) is 0. The predicted molar refractivity (Wildman–Crippen MR) is 100 cm³/mol. The van der Waals surface area contributed by atoms with E-state index in [1.807, 2.05) is 0 Å². The first-order valence-corrected chi connectivity index (χ1v) is 9.39. The number of fused-ring (bicyclic) bond motifs is 1. The van der Waals surface area contributed by atoms with Crippen LogP contribution >= 0.6 is 0 Å². The van der Waals surface area contributed by atoms with Gasteiger partial charge >= 0.3 is 0 Å². The second-order valence-corrected chi connectivity index (χ2v) is 7.41. The highest BCUT2D eigenvalue weighted by atomic mass is 16.5. The number of rotatable bonds is 3. The standard InChI is InChI=1S/C21H22O8/c22-9-13-5-12(24)6-18(28-13)20-15(26)7-14(25)19-16(27)8-17(29-21(19)20)10-1-3-11(23)4-2-10/h1-4,7,12-13,17-18,22-26H,5-6,8-9H2. The van der Waals surface area contributed by atoms with Crippen LogP contribution in [-0.4, -0.2) is 50.1 Å². The number of phenols is 3. The lowest BCUT2D eigenvalue weighted by molar-refractivity contribution is -0.115. The zero-order valence-electron chi connectivity index (χ0n) is 15.5. The van der Waals surface area contributed by atoms with E-state index in [9.17, 15) is 30.3 Å². The van der Waals surface area contributed by atoms with E-state index in [4.69, 9.17) is 9.47 Å². The minimum Gasteiger partial charge on any atom is -0.508 e. The first-order chi connectivity index (χ1) is 13.9. The third-order valence-corrected chi connectivity index (χ3v) is 5.36.